The number of rotatable bonds is 2. The van der Waals surface area contributed by atoms with Crippen molar-refractivity contribution in [3.05, 3.63) is 0 Å². The second-order valence-corrected chi connectivity index (χ2v) is 4.71. The molecule has 72 valence electrons. The highest BCUT2D eigenvalue weighted by molar-refractivity contribution is 4.85. The fourth-order valence-electron chi connectivity index (χ4n) is 1.87. The summed E-state index contributed by atoms with van der Waals surface area (Å²) < 4.78 is 0. The smallest absolute Gasteiger partial charge is 0.0275 e. The van der Waals surface area contributed by atoms with Gasteiger partial charge in [-0.1, -0.05) is 6.92 Å². The number of hydrogen-bond donors (Lipinski definition) is 1. The van der Waals surface area contributed by atoms with Gasteiger partial charge in [0.05, 0.1) is 0 Å². The van der Waals surface area contributed by atoms with E-state index in [0.29, 0.717) is 0 Å². The lowest BCUT2D eigenvalue weighted by Gasteiger charge is -2.42. The highest BCUT2D eigenvalue weighted by Crippen LogP contribution is 2.22. The van der Waals surface area contributed by atoms with Gasteiger partial charge in [0, 0.05) is 18.6 Å². The van der Waals surface area contributed by atoms with Crippen molar-refractivity contribution in [2.75, 3.05) is 19.6 Å². The lowest BCUT2D eigenvalue weighted by molar-refractivity contribution is 0.0772. The molecule has 0 bridgehead atoms. The molecule has 1 fully saturated rings. The van der Waals surface area contributed by atoms with Gasteiger partial charge in [-0.15, -0.1) is 0 Å². The summed E-state index contributed by atoms with van der Waals surface area (Å²) in [5.41, 5.74) is 5.94. The van der Waals surface area contributed by atoms with Crippen LogP contribution in [0.3, 0.4) is 0 Å². The third kappa shape index (κ3) is 2.20. The fourth-order valence-corrected chi connectivity index (χ4v) is 1.87. The highest BCUT2D eigenvalue weighted by Gasteiger charge is 2.28. The Morgan fingerprint density at radius 1 is 1.50 bits per heavy atom. The second-order valence-electron chi connectivity index (χ2n) is 4.71. The summed E-state index contributed by atoms with van der Waals surface area (Å²) >= 11 is 0. The van der Waals surface area contributed by atoms with E-state index in [-0.39, 0.29) is 5.54 Å². The maximum atomic E-state index is 5.74. The zero-order chi connectivity index (χ0) is 9.19. The SMILES string of the molecule is CC1CCCN(C(C)(C)CN)C1. The van der Waals surface area contributed by atoms with Crippen LogP contribution in [0.4, 0.5) is 0 Å². The van der Waals surface area contributed by atoms with Crippen molar-refractivity contribution < 1.29 is 0 Å². The van der Waals surface area contributed by atoms with Crippen LogP contribution in [-0.2, 0) is 0 Å². The predicted octanol–water partition coefficient (Wildman–Crippen LogP) is 1.46. The zero-order valence-corrected chi connectivity index (χ0v) is 8.64. The molecule has 1 saturated heterocycles. The van der Waals surface area contributed by atoms with Gasteiger partial charge in [0.2, 0.25) is 0 Å². The van der Waals surface area contributed by atoms with Crippen LogP contribution in [0.25, 0.3) is 0 Å². The summed E-state index contributed by atoms with van der Waals surface area (Å²) in [4.78, 5) is 2.53. The molecule has 0 aromatic carbocycles. The largest absolute Gasteiger partial charge is 0.329 e. The molecule has 1 aliphatic rings. The molecule has 1 aliphatic heterocycles. The number of nitrogens with zero attached hydrogens (tertiary/aromatic N) is 1. The lowest BCUT2D eigenvalue weighted by Crippen LogP contribution is -2.52. The van der Waals surface area contributed by atoms with E-state index >= 15 is 0 Å². The first kappa shape index (κ1) is 10.0. The number of hydrogen-bond acceptors (Lipinski definition) is 2. The van der Waals surface area contributed by atoms with Gasteiger partial charge in [-0.05, 0) is 39.2 Å². The van der Waals surface area contributed by atoms with E-state index in [1.165, 1.54) is 25.9 Å². The molecule has 0 spiro atoms. The topological polar surface area (TPSA) is 29.3 Å². The Morgan fingerprint density at radius 2 is 2.17 bits per heavy atom. The summed E-state index contributed by atoms with van der Waals surface area (Å²) in [5, 5.41) is 0. The molecule has 1 unspecified atom stereocenters. The van der Waals surface area contributed by atoms with Crippen LogP contribution in [0, 0.1) is 5.92 Å². The first-order chi connectivity index (χ1) is 5.56. The van der Waals surface area contributed by atoms with Gasteiger partial charge in [0.1, 0.15) is 0 Å². The van der Waals surface area contributed by atoms with Gasteiger partial charge in [-0.25, -0.2) is 0 Å². The average molecular weight is 170 g/mol. The minimum absolute atomic E-state index is 0.203. The zero-order valence-electron chi connectivity index (χ0n) is 8.64. The van der Waals surface area contributed by atoms with Crippen molar-refractivity contribution in [2.24, 2.45) is 11.7 Å². The Balaban J connectivity index is 2.50. The lowest BCUT2D eigenvalue weighted by atomic mass is 9.94. The highest BCUT2D eigenvalue weighted by atomic mass is 15.2. The standard InChI is InChI=1S/C10H22N2/c1-9-5-4-6-12(7-9)10(2,3)8-11/h9H,4-8,11H2,1-3H3. The van der Waals surface area contributed by atoms with E-state index in [1.54, 1.807) is 0 Å². The third-order valence-corrected chi connectivity index (χ3v) is 3.01. The Hall–Kier alpha value is -0.0800. The van der Waals surface area contributed by atoms with Gasteiger partial charge < -0.3 is 5.73 Å². The Labute approximate surface area is 76.1 Å². The predicted molar refractivity (Wildman–Crippen MR) is 53.1 cm³/mol. The maximum Gasteiger partial charge on any atom is 0.0275 e. The number of piperidine rings is 1. The van der Waals surface area contributed by atoms with E-state index in [1.807, 2.05) is 0 Å². The average Bonchev–Trinajstić information content (AvgIpc) is 2.05. The van der Waals surface area contributed by atoms with Gasteiger partial charge in [-0.2, -0.15) is 0 Å². The summed E-state index contributed by atoms with van der Waals surface area (Å²) in [6.45, 7) is 10.0. The Morgan fingerprint density at radius 3 is 2.67 bits per heavy atom. The van der Waals surface area contributed by atoms with E-state index < -0.39 is 0 Å². The molecule has 2 nitrogen and oxygen atoms in total. The molecule has 0 aliphatic carbocycles. The molecule has 12 heavy (non-hydrogen) atoms. The molecule has 0 radical (unpaired) electrons. The molecular weight excluding hydrogens is 148 g/mol. The molecule has 0 aromatic heterocycles. The third-order valence-electron chi connectivity index (χ3n) is 3.01. The summed E-state index contributed by atoms with van der Waals surface area (Å²) in [5.74, 6) is 0.851. The fraction of sp³-hybridized carbons (Fsp3) is 1.00. The maximum absolute atomic E-state index is 5.74. The first-order valence-corrected chi connectivity index (χ1v) is 5.01. The van der Waals surface area contributed by atoms with Gasteiger partial charge in [0.15, 0.2) is 0 Å². The molecule has 0 aromatic rings. The molecule has 1 heterocycles. The Kier molecular flexibility index (Phi) is 3.13. The molecule has 2 N–H and O–H groups in total. The second kappa shape index (κ2) is 3.75. The van der Waals surface area contributed by atoms with Crippen LogP contribution >= 0.6 is 0 Å². The molecule has 1 atom stereocenters. The van der Waals surface area contributed by atoms with Crippen LogP contribution in [0.15, 0.2) is 0 Å². The van der Waals surface area contributed by atoms with E-state index in [9.17, 15) is 0 Å². The van der Waals surface area contributed by atoms with Gasteiger partial charge >= 0.3 is 0 Å². The van der Waals surface area contributed by atoms with Crippen LogP contribution in [0.5, 0.6) is 0 Å². The monoisotopic (exact) mass is 170 g/mol. The molecule has 0 amide bonds. The Bertz CT molecular complexity index is 143. The van der Waals surface area contributed by atoms with E-state index in [2.05, 4.69) is 25.7 Å². The summed E-state index contributed by atoms with van der Waals surface area (Å²) in [6.07, 6.45) is 2.72. The molecule has 2 heteroatoms. The summed E-state index contributed by atoms with van der Waals surface area (Å²) in [7, 11) is 0. The molecule has 0 saturated carbocycles. The van der Waals surface area contributed by atoms with Crippen molar-refractivity contribution in [2.45, 2.75) is 39.2 Å². The minimum atomic E-state index is 0.203. The van der Waals surface area contributed by atoms with E-state index in [4.69, 9.17) is 5.73 Å². The minimum Gasteiger partial charge on any atom is -0.329 e. The van der Waals surface area contributed by atoms with Crippen LogP contribution < -0.4 is 5.73 Å². The molecular formula is C10H22N2. The van der Waals surface area contributed by atoms with Crippen LogP contribution in [0.2, 0.25) is 0 Å². The van der Waals surface area contributed by atoms with Crippen molar-refractivity contribution >= 4 is 0 Å². The van der Waals surface area contributed by atoms with Crippen LogP contribution in [-0.4, -0.2) is 30.1 Å². The van der Waals surface area contributed by atoms with Gasteiger partial charge in [0.25, 0.3) is 0 Å². The normalized spacial score (nSPS) is 27.5. The van der Waals surface area contributed by atoms with Gasteiger partial charge in [-0.3, -0.25) is 4.90 Å². The van der Waals surface area contributed by atoms with Crippen molar-refractivity contribution in [3.8, 4) is 0 Å². The van der Waals surface area contributed by atoms with Crippen LogP contribution in [0.1, 0.15) is 33.6 Å². The first-order valence-electron chi connectivity index (χ1n) is 5.01. The number of likely N-dealkylation sites (tertiary alicyclic amines) is 1. The molecule has 1 rings (SSSR count). The summed E-state index contributed by atoms with van der Waals surface area (Å²) in [6, 6.07) is 0. The number of nitrogens with two attached hydrogens (primary N) is 1. The quantitative estimate of drug-likeness (QED) is 0.680. The van der Waals surface area contributed by atoms with Crippen molar-refractivity contribution in [3.63, 3.8) is 0 Å². The van der Waals surface area contributed by atoms with Crippen molar-refractivity contribution in [1.82, 2.24) is 4.90 Å². The van der Waals surface area contributed by atoms with Crippen molar-refractivity contribution in [1.29, 1.82) is 0 Å². The van der Waals surface area contributed by atoms with E-state index in [0.717, 1.165) is 12.5 Å².